The largest absolute Gasteiger partial charge is 0.481 e. The summed E-state index contributed by atoms with van der Waals surface area (Å²) in [7, 11) is 0. The van der Waals surface area contributed by atoms with E-state index in [4.69, 9.17) is 5.11 Å². The fourth-order valence-corrected chi connectivity index (χ4v) is 3.86. The molecule has 5 nitrogen and oxygen atoms in total. The lowest BCUT2D eigenvalue weighted by atomic mass is 9.84. The van der Waals surface area contributed by atoms with Gasteiger partial charge in [0.15, 0.2) is 0 Å². The van der Waals surface area contributed by atoms with Crippen LogP contribution in [-0.2, 0) is 9.59 Å². The normalized spacial score (nSPS) is 26.2. The molecule has 2 fully saturated rings. The molecule has 1 aliphatic heterocycles. The number of piperidine rings is 1. The molecule has 0 aromatic rings. The molecular formula is C16H28N2O3. The molecule has 3 N–H and O–H groups in total. The van der Waals surface area contributed by atoms with Crippen molar-refractivity contribution in [2.24, 2.45) is 11.8 Å². The molecule has 0 bridgehead atoms. The van der Waals surface area contributed by atoms with Gasteiger partial charge in [-0.25, -0.2) is 0 Å². The Morgan fingerprint density at radius 1 is 1.33 bits per heavy atom. The molecule has 1 saturated heterocycles. The number of aliphatic carboxylic acids is 1. The Morgan fingerprint density at radius 3 is 2.62 bits per heavy atom. The van der Waals surface area contributed by atoms with Crippen molar-refractivity contribution in [3.8, 4) is 0 Å². The van der Waals surface area contributed by atoms with Gasteiger partial charge in [-0.15, -0.1) is 0 Å². The molecular weight excluding hydrogens is 268 g/mol. The van der Waals surface area contributed by atoms with E-state index in [9.17, 15) is 9.59 Å². The Morgan fingerprint density at radius 2 is 2.05 bits per heavy atom. The first kappa shape index (κ1) is 16.3. The van der Waals surface area contributed by atoms with Crippen LogP contribution in [0.3, 0.4) is 0 Å². The average molecular weight is 296 g/mol. The van der Waals surface area contributed by atoms with Gasteiger partial charge >= 0.3 is 5.97 Å². The smallest absolute Gasteiger partial charge is 0.305 e. The van der Waals surface area contributed by atoms with Crippen molar-refractivity contribution in [2.45, 2.75) is 63.8 Å². The van der Waals surface area contributed by atoms with E-state index in [2.05, 4.69) is 17.6 Å². The molecule has 5 heteroatoms. The quantitative estimate of drug-likeness (QED) is 0.699. The highest BCUT2D eigenvalue weighted by Gasteiger charge is 2.37. The predicted molar refractivity (Wildman–Crippen MR) is 81.0 cm³/mol. The molecule has 21 heavy (non-hydrogen) atoms. The van der Waals surface area contributed by atoms with Crippen LogP contribution in [0.5, 0.6) is 0 Å². The first-order chi connectivity index (χ1) is 10.0. The number of rotatable bonds is 6. The van der Waals surface area contributed by atoms with Gasteiger partial charge in [0, 0.05) is 6.42 Å². The highest BCUT2D eigenvalue weighted by Crippen LogP contribution is 2.33. The monoisotopic (exact) mass is 296 g/mol. The Kier molecular flexibility index (Phi) is 5.62. The van der Waals surface area contributed by atoms with E-state index in [1.54, 1.807) is 0 Å². The van der Waals surface area contributed by atoms with Gasteiger partial charge < -0.3 is 15.7 Å². The summed E-state index contributed by atoms with van der Waals surface area (Å²) in [6, 6.07) is 0. The fourth-order valence-electron chi connectivity index (χ4n) is 3.86. The van der Waals surface area contributed by atoms with Crippen molar-refractivity contribution in [1.29, 1.82) is 0 Å². The molecule has 2 rings (SSSR count). The second kappa shape index (κ2) is 7.25. The summed E-state index contributed by atoms with van der Waals surface area (Å²) in [5.74, 6) is 0.113. The van der Waals surface area contributed by atoms with Crippen molar-refractivity contribution >= 4 is 11.9 Å². The van der Waals surface area contributed by atoms with Gasteiger partial charge in [0.25, 0.3) is 0 Å². The number of carbonyl (C=O) groups excluding carboxylic acids is 1. The predicted octanol–water partition coefficient (Wildman–Crippen LogP) is 1.92. The van der Waals surface area contributed by atoms with Crippen molar-refractivity contribution < 1.29 is 14.7 Å². The number of carboxylic acid groups (broad SMARTS) is 1. The Hall–Kier alpha value is -1.10. The summed E-state index contributed by atoms with van der Waals surface area (Å²) in [6.07, 6.45) is 6.53. The van der Waals surface area contributed by atoms with Gasteiger partial charge in [-0.2, -0.15) is 0 Å². The highest BCUT2D eigenvalue weighted by molar-refractivity contribution is 5.78. The van der Waals surface area contributed by atoms with Crippen LogP contribution in [0.25, 0.3) is 0 Å². The first-order valence-electron chi connectivity index (χ1n) is 8.24. The molecule has 0 radical (unpaired) electrons. The maximum Gasteiger partial charge on any atom is 0.305 e. The van der Waals surface area contributed by atoms with Gasteiger partial charge in [0.05, 0.1) is 12.0 Å². The third-order valence-corrected chi connectivity index (χ3v) is 5.10. The average Bonchev–Trinajstić information content (AvgIpc) is 2.86. The Balaban J connectivity index is 1.85. The summed E-state index contributed by atoms with van der Waals surface area (Å²) in [5.41, 5.74) is -0.493. The molecule has 2 unspecified atom stereocenters. The standard InChI is InChI=1S/C16H28N2O3/c1-12(13-5-4-8-17-11-13)9-14(19)18-16(10-15(20)21)6-2-3-7-16/h12-13,17H,2-11H2,1H3,(H,18,19)(H,20,21). The lowest BCUT2D eigenvalue weighted by molar-refractivity contribution is -0.139. The Bertz CT molecular complexity index is 372. The van der Waals surface area contributed by atoms with Crippen LogP contribution in [0, 0.1) is 11.8 Å². The lowest BCUT2D eigenvalue weighted by Crippen LogP contribution is -2.48. The van der Waals surface area contributed by atoms with E-state index >= 15 is 0 Å². The van der Waals surface area contributed by atoms with E-state index in [0.29, 0.717) is 18.3 Å². The molecule has 1 amide bonds. The highest BCUT2D eigenvalue weighted by atomic mass is 16.4. The van der Waals surface area contributed by atoms with Crippen LogP contribution in [0.15, 0.2) is 0 Å². The molecule has 2 aliphatic rings. The zero-order chi connectivity index (χ0) is 15.3. The molecule has 2 atom stereocenters. The summed E-state index contributed by atoms with van der Waals surface area (Å²) < 4.78 is 0. The van der Waals surface area contributed by atoms with Crippen molar-refractivity contribution in [2.75, 3.05) is 13.1 Å². The molecule has 0 spiro atoms. The summed E-state index contributed by atoms with van der Waals surface area (Å²) in [4.78, 5) is 23.4. The van der Waals surface area contributed by atoms with Crippen LogP contribution in [-0.4, -0.2) is 35.6 Å². The van der Waals surface area contributed by atoms with Crippen LogP contribution in [0.1, 0.15) is 58.3 Å². The Labute approximate surface area is 126 Å². The zero-order valence-electron chi connectivity index (χ0n) is 13.0. The summed E-state index contributed by atoms with van der Waals surface area (Å²) in [6.45, 7) is 4.21. The number of nitrogens with one attached hydrogen (secondary N) is 2. The second-order valence-corrected chi connectivity index (χ2v) is 6.89. The van der Waals surface area contributed by atoms with Gasteiger partial charge in [0.1, 0.15) is 0 Å². The zero-order valence-corrected chi connectivity index (χ0v) is 13.0. The van der Waals surface area contributed by atoms with E-state index in [1.807, 2.05) is 0 Å². The molecule has 1 saturated carbocycles. The van der Waals surface area contributed by atoms with Crippen LogP contribution in [0.2, 0.25) is 0 Å². The van der Waals surface area contributed by atoms with Gasteiger partial charge in [0.2, 0.25) is 5.91 Å². The summed E-state index contributed by atoms with van der Waals surface area (Å²) in [5, 5.41) is 15.5. The number of carbonyl (C=O) groups is 2. The fraction of sp³-hybridized carbons (Fsp3) is 0.875. The molecule has 0 aromatic heterocycles. The minimum absolute atomic E-state index is 0.0243. The van der Waals surface area contributed by atoms with E-state index in [-0.39, 0.29) is 12.3 Å². The first-order valence-corrected chi connectivity index (χ1v) is 8.24. The number of hydrogen-bond donors (Lipinski definition) is 3. The third kappa shape index (κ3) is 4.70. The minimum Gasteiger partial charge on any atom is -0.481 e. The molecule has 1 heterocycles. The lowest BCUT2D eigenvalue weighted by Gasteiger charge is -2.31. The van der Waals surface area contributed by atoms with Gasteiger partial charge in [-0.1, -0.05) is 19.8 Å². The van der Waals surface area contributed by atoms with Crippen molar-refractivity contribution in [1.82, 2.24) is 10.6 Å². The maximum absolute atomic E-state index is 12.3. The van der Waals surface area contributed by atoms with Crippen LogP contribution in [0.4, 0.5) is 0 Å². The maximum atomic E-state index is 12.3. The number of amides is 1. The van der Waals surface area contributed by atoms with Crippen LogP contribution >= 0.6 is 0 Å². The topological polar surface area (TPSA) is 78.4 Å². The third-order valence-electron chi connectivity index (χ3n) is 5.10. The number of carboxylic acids is 1. The van der Waals surface area contributed by atoms with Crippen molar-refractivity contribution in [3.05, 3.63) is 0 Å². The molecule has 1 aliphatic carbocycles. The van der Waals surface area contributed by atoms with Crippen LogP contribution < -0.4 is 10.6 Å². The molecule has 0 aromatic carbocycles. The minimum atomic E-state index is -0.818. The van der Waals surface area contributed by atoms with Gasteiger partial charge in [-0.05, 0) is 50.6 Å². The van der Waals surface area contributed by atoms with Crippen molar-refractivity contribution in [3.63, 3.8) is 0 Å². The molecule has 120 valence electrons. The SMILES string of the molecule is CC(CC(=O)NC1(CC(=O)O)CCCC1)C1CCCNC1. The summed E-state index contributed by atoms with van der Waals surface area (Å²) >= 11 is 0. The van der Waals surface area contributed by atoms with Gasteiger partial charge in [-0.3, -0.25) is 9.59 Å². The number of hydrogen-bond acceptors (Lipinski definition) is 3. The van der Waals surface area contributed by atoms with E-state index in [1.165, 1.54) is 12.8 Å². The van der Waals surface area contributed by atoms with E-state index < -0.39 is 11.5 Å². The van der Waals surface area contributed by atoms with E-state index in [0.717, 1.165) is 38.8 Å². The second-order valence-electron chi connectivity index (χ2n) is 6.89.